The van der Waals surface area contributed by atoms with Crippen molar-refractivity contribution >= 4 is 34.5 Å². The molecule has 1 aliphatic heterocycles. The second-order valence-electron chi connectivity index (χ2n) is 7.75. The second-order valence-corrected chi connectivity index (χ2v) is 7.75. The van der Waals surface area contributed by atoms with Gasteiger partial charge in [-0.3, -0.25) is 4.79 Å². The molecular weight excluding hydrogens is 414 g/mol. The predicted octanol–water partition coefficient (Wildman–Crippen LogP) is 4.56. The number of esters is 1. The highest BCUT2D eigenvalue weighted by Crippen LogP contribution is 2.38. The predicted molar refractivity (Wildman–Crippen MR) is 132 cm³/mol. The first-order chi connectivity index (χ1) is 16.1. The summed E-state index contributed by atoms with van der Waals surface area (Å²) in [5.41, 5.74) is 5.98. The van der Waals surface area contributed by atoms with E-state index in [9.17, 15) is 9.59 Å². The van der Waals surface area contributed by atoms with E-state index in [0.717, 1.165) is 36.3 Å². The maximum Gasteiger partial charge on any atom is 0.337 e. The summed E-state index contributed by atoms with van der Waals surface area (Å²) in [4.78, 5) is 25.0. The van der Waals surface area contributed by atoms with Crippen LogP contribution in [0.25, 0.3) is 11.3 Å². The van der Waals surface area contributed by atoms with Crippen LogP contribution in [0, 0.1) is 0 Å². The zero-order valence-corrected chi connectivity index (χ0v) is 18.8. The van der Waals surface area contributed by atoms with Gasteiger partial charge >= 0.3 is 5.97 Å². The third kappa shape index (κ3) is 4.96. The fourth-order valence-electron chi connectivity index (χ4n) is 3.86. The molecule has 0 atom stereocenters. The Balaban J connectivity index is 1.72. The number of hydrogen-bond acceptors (Lipinski definition) is 5. The smallest absolute Gasteiger partial charge is 0.337 e. The van der Waals surface area contributed by atoms with Gasteiger partial charge in [0.05, 0.1) is 29.6 Å². The highest BCUT2D eigenvalue weighted by molar-refractivity contribution is 6.37. The van der Waals surface area contributed by atoms with Gasteiger partial charge in [-0.15, -0.1) is 0 Å². The van der Waals surface area contributed by atoms with E-state index in [2.05, 4.69) is 35.0 Å². The van der Waals surface area contributed by atoms with Crippen molar-refractivity contribution in [2.24, 2.45) is 0 Å². The third-order valence-electron chi connectivity index (χ3n) is 5.56. The van der Waals surface area contributed by atoms with Crippen LogP contribution in [0.4, 0.5) is 11.4 Å². The van der Waals surface area contributed by atoms with Crippen LogP contribution in [0.2, 0.25) is 0 Å². The van der Waals surface area contributed by atoms with Crippen LogP contribution < -0.4 is 16.0 Å². The first kappa shape index (κ1) is 22.3. The van der Waals surface area contributed by atoms with Gasteiger partial charge in [-0.05, 0) is 54.9 Å². The Labute approximate surface area is 193 Å². The molecule has 4 rings (SSSR count). The number of likely N-dealkylation sites (N-methyl/N-ethyl adjacent to an activating group) is 1. The van der Waals surface area contributed by atoms with Crippen LogP contribution in [-0.4, -0.2) is 32.1 Å². The van der Waals surface area contributed by atoms with Crippen molar-refractivity contribution in [3.8, 4) is 0 Å². The molecule has 1 heterocycles. The van der Waals surface area contributed by atoms with Gasteiger partial charge in [-0.1, -0.05) is 55.5 Å². The number of nitrogens with one attached hydrogen (secondary N) is 3. The average molecular weight is 442 g/mol. The van der Waals surface area contributed by atoms with Gasteiger partial charge in [0.1, 0.15) is 0 Å². The summed E-state index contributed by atoms with van der Waals surface area (Å²) in [6.07, 6.45) is 0.957. The van der Waals surface area contributed by atoms with E-state index >= 15 is 0 Å². The normalized spacial score (nSPS) is 13.8. The zero-order valence-electron chi connectivity index (χ0n) is 18.8. The van der Waals surface area contributed by atoms with Crippen LogP contribution in [0.1, 0.15) is 34.0 Å². The van der Waals surface area contributed by atoms with E-state index in [0.29, 0.717) is 22.5 Å². The maximum atomic E-state index is 13.1. The number of carbonyl (C=O) groups excluding carboxylic acids is 2. The van der Waals surface area contributed by atoms with Crippen molar-refractivity contribution in [3.05, 3.63) is 95.1 Å². The minimum atomic E-state index is -0.444. The van der Waals surface area contributed by atoms with Gasteiger partial charge < -0.3 is 20.7 Å². The molecule has 0 unspecified atom stereocenters. The molecule has 0 bridgehead atoms. The third-order valence-corrected chi connectivity index (χ3v) is 5.56. The van der Waals surface area contributed by atoms with Crippen LogP contribution in [0.15, 0.2) is 72.8 Å². The lowest BCUT2D eigenvalue weighted by molar-refractivity contribution is -0.110. The number of carbonyl (C=O) groups is 2. The molecule has 3 N–H and O–H groups in total. The monoisotopic (exact) mass is 441 g/mol. The lowest BCUT2D eigenvalue weighted by atomic mass is 9.99. The molecular formula is C27H27N3O3. The number of amides is 1. The van der Waals surface area contributed by atoms with Crippen LogP contribution in [0.5, 0.6) is 0 Å². The fraction of sp³-hybridized carbons (Fsp3) is 0.185. The lowest BCUT2D eigenvalue weighted by Gasteiger charge is -2.15. The molecule has 6 heteroatoms. The van der Waals surface area contributed by atoms with Gasteiger partial charge in [0, 0.05) is 11.3 Å². The molecule has 6 nitrogen and oxygen atoms in total. The summed E-state index contributed by atoms with van der Waals surface area (Å²) in [6, 6.07) is 23.1. The number of rotatable bonds is 8. The fourth-order valence-corrected chi connectivity index (χ4v) is 3.86. The molecule has 33 heavy (non-hydrogen) atoms. The van der Waals surface area contributed by atoms with Crippen molar-refractivity contribution in [3.63, 3.8) is 0 Å². The molecule has 3 aromatic rings. The van der Waals surface area contributed by atoms with Gasteiger partial charge in [-0.25, -0.2) is 4.79 Å². The van der Waals surface area contributed by atoms with Gasteiger partial charge in [0.2, 0.25) is 0 Å². The summed E-state index contributed by atoms with van der Waals surface area (Å²) >= 11 is 0. The van der Waals surface area contributed by atoms with Gasteiger partial charge in [-0.2, -0.15) is 0 Å². The van der Waals surface area contributed by atoms with Crippen LogP contribution >= 0.6 is 0 Å². The van der Waals surface area contributed by atoms with Crippen molar-refractivity contribution in [2.45, 2.75) is 13.3 Å². The largest absolute Gasteiger partial charge is 0.465 e. The van der Waals surface area contributed by atoms with E-state index in [1.807, 2.05) is 42.5 Å². The molecule has 1 amide bonds. The molecule has 0 aliphatic carbocycles. The van der Waals surface area contributed by atoms with Crippen molar-refractivity contribution in [1.29, 1.82) is 0 Å². The Morgan fingerprint density at radius 2 is 1.73 bits per heavy atom. The molecule has 1 aliphatic rings. The second kappa shape index (κ2) is 10.1. The molecule has 0 fully saturated rings. The van der Waals surface area contributed by atoms with E-state index in [1.165, 1.54) is 12.7 Å². The minimum Gasteiger partial charge on any atom is -0.465 e. The summed E-state index contributed by atoms with van der Waals surface area (Å²) in [5.74, 6) is -0.666. The average Bonchev–Trinajstić information content (AvgIpc) is 3.18. The van der Waals surface area contributed by atoms with Gasteiger partial charge in [0.25, 0.3) is 5.91 Å². The number of hydrogen-bond donors (Lipinski definition) is 3. The molecule has 0 radical (unpaired) electrons. The molecule has 168 valence electrons. The number of ether oxygens (including phenoxy) is 1. The Morgan fingerprint density at radius 1 is 0.970 bits per heavy atom. The zero-order chi connectivity index (χ0) is 23.2. The molecule has 3 aromatic carbocycles. The number of fused-ring (bicyclic) bond motifs is 1. The quantitative estimate of drug-likeness (QED) is 0.271. The summed E-state index contributed by atoms with van der Waals surface area (Å²) in [6.45, 7) is 3.99. The minimum absolute atomic E-state index is 0.222. The molecule has 0 aromatic heterocycles. The summed E-state index contributed by atoms with van der Waals surface area (Å²) < 4.78 is 4.81. The van der Waals surface area contributed by atoms with Crippen LogP contribution in [-0.2, 0) is 16.0 Å². The maximum absolute atomic E-state index is 13.1. The summed E-state index contributed by atoms with van der Waals surface area (Å²) in [7, 11) is 1.34. The van der Waals surface area contributed by atoms with E-state index in [1.54, 1.807) is 18.2 Å². The number of anilines is 2. The van der Waals surface area contributed by atoms with E-state index in [-0.39, 0.29) is 5.91 Å². The van der Waals surface area contributed by atoms with Crippen molar-refractivity contribution in [2.75, 3.05) is 30.8 Å². The molecule has 0 saturated heterocycles. The Bertz CT molecular complexity index is 1180. The molecule has 0 saturated carbocycles. The van der Waals surface area contributed by atoms with Crippen molar-refractivity contribution in [1.82, 2.24) is 5.32 Å². The number of benzene rings is 3. The Hall–Kier alpha value is -3.90. The highest BCUT2D eigenvalue weighted by Gasteiger charge is 2.29. The standard InChI is InChI=1S/C27H27N3O3/c1-3-28-16-15-18-9-12-21(13-10-18)29-25(19-7-5-4-6-8-19)24-22-14-11-20(27(32)33-2)17-23(22)30-26(24)31/h4-14,17,28-29H,3,15-16H2,1-2H3,(H,30,31)/b25-24-. The van der Waals surface area contributed by atoms with E-state index in [4.69, 9.17) is 4.74 Å². The van der Waals surface area contributed by atoms with Gasteiger partial charge in [0.15, 0.2) is 0 Å². The van der Waals surface area contributed by atoms with Crippen molar-refractivity contribution < 1.29 is 14.3 Å². The first-order valence-corrected chi connectivity index (χ1v) is 11.0. The van der Waals surface area contributed by atoms with E-state index < -0.39 is 5.97 Å². The number of methoxy groups -OCH3 is 1. The Morgan fingerprint density at radius 3 is 2.42 bits per heavy atom. The first-order valence-electron chi connectivity index (χ1n) is 11.0. The van der Waals surface area contributed by atoms with Crippen LogP contribution in [0.3, 0.4) is 0 Å². The summed E-state index contributed by atoms with van der Waals surface area (Å²) in [5, 5.41) is 9.69. The SMILES string of the molecule is CCNCCc1ccc(N/C(=C2\C(=O)Nc3cc(C(=O)OC)ccc32)c2ccccc2)cc1. The lowest BCUT2D eigenvalue weighted by Crippen LogP contribution is -2.16. The Kier molecular flexibility index (Phi) is 6.86. The molecule has 0 spiro atoms. The topological polar surface area (TPSA) is 79.5 Å². The highest BCUT2D eigenvalue weighted by atomic mass is 16.5.